The van der Waals surface area contributed by atoms with Crippen molar-refractivity contribution in [1.29, 1.82) is 0 Å². The summed E-state index contributed by atoms with van der Waals surface area (Å²) in [5.74, 6) is 0.745. The van der Waals surface area contributed by atoms with Gasteiger partial charge in [0.25, 0.3) is 0 Å². The van der Waals surface area contributed by atoms with Gasteiger partial charge in [0, 0.05) is 13.7 Å². The molecule has 0 bridgehead atoms. The fourth-order valence-corrected chi connectivity index (χ4v) is 1.81. The normalized spacial score (nSPS) is 23.4. The molecular weight excluding hydrogens is 126 g/mol. The van der Waals surface area contributed by atoms with Gasteiger partial charge in [0.2, 0.25) is 0 Å². The average Bonchev–Trinajstić information content (AvgIpc) is 2.43. The van der Waals surface area contributed by atoms with Crippen LogP contribution < -0.4 is 5.73 Å². The first kappa shape index (κ1) is 8.02. The van der Waals surface area contributed by atoms with Gasteiger partial charge in [-0.05, 0) is 18.8 Å². The fraction of sp³-hybridized carbons (Fsp3) is 1.00. The molecule has 0 aliphatic heterocycles. The Labute approximate surface area is 62.7 Å². The van der Waals surface area contributed by atoms with E-state index in [-0.39, 0.29) is 0 Å². The minimum Gasteiger partial charge on any atom is -0.380 e. The Hall–Kier alpha value is -0.0800. The van der Waals surface area contributed by atoms with Crippen LogP contribution in [-0.4, -0.2) is 19.8 Å². The number of methoxy groups -OCH3 is 1. The van der Waals surface area contributed by atoms with Crippen molar-refractivity contribution < 1.29 is 4.74 Å². The monoisotopic (exact) mass is 143 g/mol. The van der Waals surface area contributed by atoms with Gasteiger partial charge in [-0.25, -0.2) is 0 Å². The van der Waals surface area contributed by atoms with Crippen molar-refractivity contribution in [3.8, 4) is 0 Å². The van der Waals surface area contributed by atoms with Gasteiger partial charge in [0.05, 0.1) is 6.10 Å². The predicted octanol–water partition coefficient (Wildman–Crippen LogP) is 1.15. The van der Waals surface area contributed by atoms with E-state index in [0.717, 1.165) is 5.92 Å². The molecule has 2 N–H and O–H groups in total. The molecule has 1 atom stereocenters. The molecule has 2 heteroatoms. The van der Waals surface area contributed by atoms with Crippen LogP contribution in [0.3, 0.4) is 0 Å². The minimum atomic E-state index is 0.322. The van der Waals surface area contributed by atoms with Crippen LogP contribution in [0.2, 0.25) is 0 Å². The van der Waals surface area contributed by atoms with Crippen LogP contribution in [0, 0.1) is 5.92 Å². The van der Waals surface area contributed by atoms with Crippen molar-refractivity contribution in [2.45, 2.75) is 31.8 Å². The molecule has 0 saturated heterocycles. The maximum absolute atomic E-state index is 5.54. The van der Waals surface area contributed by atoms with Crippen LogP contribution in [0.25, 0.3) is 0 Å². The fourth-order valence-electron chi connectivity index (χ4n) is 1.81. The van der Waals surface area contributed by atoms with Crippen molar-refractivity contribution >= 4 is 0 Å². The van der Waals surface area contributed by atoms with Crippen LogP contribution in [0.5, 0.6) is 0 Å². The van der Waals surface area contributed by atoms with Gasteiger partial charge in [0.15, 0.2) is 0 Å². The predicted molar refractivity (Wildman–Crippen MR) is 41.8 cm³/mol. The molecule has 1 aliphatic carbocycles. The molecule has 0 aromatic rings. The summed E-state index contributed by atoms with van der Waals surface area (Å²) < 4.78 is 5.26. The topological polar surface area (TPSA) is 35.2 Å². The van der Waals surface area contributed by atoms with E-state index in [2.05, 4.69) is 0 Å². The molecule has 0 radical (unpaired) electrons. The van der Waals surface area contributed by atoms with Gasteiger partial charge < -0.3 is 10.5 Å². The summed E-state index contributed by atoms with van der Waals surface area (Å²) in [5, 5.41) is 0. The lowest BCUT2D eigenvalue weighted by Crippen LogP contribution is -2.29. The van der Waals surface area contributed by atoms with E-state index in [4.69, 9.17) is 10.5 Å². The van der Waals surface area contributed by atoms with Crippen molar-refractivity contribution in [2.24, 2.45) is 11.7 Å². The van der Waals surface area contributed by atoms with E-state index in [1.165, 1.54) is 25.7 Å². The van der Waals surface area contributed by atoms with Gasteiger partial charge >= 0.3 is 0 Å². The van der Waals surface area contributed by atoms with E-state index >= 15 is 0 Å². The third-order valence-corrected chi connectivity index (χ3v) is 2.46. The highest BCUT2D eigenvalue weighted by Gasteiger charge is 2.23. The SMILES string of the molecule is COC(CN)C1CCCC1. The van der Waals surface area contributed by atoms with Crippen LogP contribution in [0.1, 0.15) is 25.7 Å². The first-order valence-electron chi connectivity index (χ1n) is 4.11. The molecule has 2 nitrogen and oxygen atoms in total. The quantitative estimate of drug-likeness (QED) is 0.643. The smallest absolute Gasteiger partial charge is 0.0721 e. The van der Waals surface area contributed by atoms with E-state index in [0.29, 0.717) is 12.6 Å². The molecule has 0 aromatic heterocycles. The van der Waals surface area contributed by atoms with Gasteiger partial charge in [-0.3, -0.25) is 0 Å². The van der Waals surface area contributed by atoms with Gasteiger partial charge in [-0.15, -0.1) is 0 Å². The molecule has 1 fully saturated rings. The highest BCUT2D eigenvalue weighted by molar-refractivity contribution is 4.75. The number of hydrogen-bond acceptors (Lipinski definition) is 2. The standard InChI is InChI=1S/C8H17NO/c1-10-8(6-9)7-4-2-3-5-7/h7-8H,2-6,9H2,1H3. The van der Waals surface area contributed by atoms with Crippen LogP contribution in [0.15, 0.2) is 0 Å². The second-order valence-corrected chi connectivity index (χ2v) is 3.05. The number of nitrogens with two attached hydrogens (primary N) is 1. The lowest BCUT2D eigenvalue weighted by molar-refractivity contribution is 0.0613. The molecule has 0 spiro atoms. The maximum Gasteiger partial charge on any atom is 0.0721 e. The Bertz CT molecular complexity index is 85.3. The van der Waals surface area contributed by atoms with Gasteiger partial charge in [-0.2, -0.15) is 0 Å². The molecule has 1 saturated carbocycles. The Balaban J connectivity index is 2.29. The summed E-state index contributed by atoms with van der Waals surface area (Å²) in [7, 11) is 1.76. The third-order valence-electron chi connectivity index (χ3n) is 2.46. The number of ether oxygens (including phenoxy) is 1. The van der Waals surface area contributed by atoms with Gasteiger partial charge in [-0.1, -0.05) is 12.8 Å². The number of rotatable bonds is 3. The molecule has 10 heavy (non-hydrogen) atoms. The Kier molecular flexibility index (Phi) is 3.16. The zero-order valence-corrected chi connectivity index (χ0v) is 6.68. The molecule has 0 amide bonds. The highest BCUT2D eigenvalue weighted by atomic mass is 16.5. The lowest BCUT2D eigenvalue weighted by Gasteiger charge is -2.19. The molecular formula is C8H17NO. The van der Waals surface area contributed by atoms with Crippen LogP contribution in [0.4, 0.5) is 0 Å². The Morgan fingerprint density at radius 3 is 2.50 bits per heavy atom. The van der Waals surface area contributed by atoms with Crippen molar-refractivity contribution in [1.82, 2.24) is 0 Å². The summed E-state index contributed by atoms with van der Waals surface area (Å²) in [6.07, 6.45) is 5.68. The van der Waals surface area contributed by atoms with E-state index in [9.17, 15) is 0 Å². The molecule has 1 rings (SSSR count). The highest BCUT2D eigenvalue weighted by Crippen LogP contribution is 2.28. The summed E-state index contributed by atoms with van der Waals surface area (Å²) in [6.45, 7) is 0.682. The van der Waals surface area contributed by atoms with Crippen LogP contribution >= 0.6 is 0 Å². The van der Waals surface area contributed by atoms with Crippen molar-refractivity contribution in [3.63, 3.8) is 0 Å². The minimum absolute atomic E-state index is 0.322. The zero-order valence-electron chi connectivity index (χ0n) is 6.68. The molecule has 60 valence electrons. The summed E-state index contributed by atoms with van der Waals surface area (Å²) in [6, 6.07) is 0. The first-order chi connectivity index (χ1) is 4.88. The van der Waals surface area contributed by atoms with Gasteiger partial charge in [0.1, 0.15) is 0 Å². The van der Waals surface area contributed by atoms with E-state index in [1.807, 2.05) is 0 Å². The van der Waals surface area contributed by atoms with E-state index < -0.39 is 0 Å². The molecule has 0 aromatic carbocycles. The van der Waals surface area contributed by atoms with Crippen LogP contribution in [-0.2, 0) is 4.74 Å². The summed E-state index contributed by atoms with van der Waals surface area (Å²) in [4.78, 5) is 0. The zero-order chi connectivity index (χ0) is 7.40. The third kappa shape index (κ3) is 1.70. The van der Waals surface area contributed by atoms with E-state index in [1.54, 1.807) is 7.11 Å². The average molecular weight is 143 g/mol. The second kappa shape index (κ2) is 3.94. The summed E-state index contributed by atoms with van der Waals surface area (Å²) in [5.41, 5.74) is 5.54. The first-order valence-corrected chi connectivity index (χ1v) is 4.11. The lowest BCUT2D eigenvalue weighted by atomic mass is 10.0. The maximum atomic E-state index is 5.54. The number of hydrogen-bond donors (Lipinski definition) is 1. The summed E-state index contributed by atoms with van der Waals surface area (Å²) >= 11 is 0. The molecule has 0 heterocycles. The van der Waals surface area contributed by atoms with Crippen molar-refractivity contribution in [2.75, 3.05) is 13.7 Å². The Morgan fingerprint density at radius 2 is 2.10 bits per heavy atom. The molecule has 1 unspecified atom stereocenters. The second-order valence-electron chi connectivity index (χ2n) is 3.05. The molecule has 1 aliphatic rings. The van der Waals surface area contributed by atoms with Crippen molar-refractivity contribution in [3.05, 3.63) is 0 Å². The Morgan fingerprint density at radius 1 is 1.50 bits per heavy atom. The largest absolute Gasteiger partial charge is 0.380 e.